The molecule has 1 aromatic heterocycles. The third-order valence-electron chi connectivity index (χ3n) is 4.77. The number of nitrogens with zero attached hydrogens (tertiary/aromatic N) is 2. The fourth-order valence-electron chi connectivity index (χ4n) is 3.19. The van der Waals surface area contributed by atoms with E-state index < -0.39 is 16.0 Å². The van der Waals surface area contributed by atoms with Crippen LogP contribution in [0.25, 0.3) is 5.57 Å². The lowest BCUT2D eigenvalue weighted by Crippen LogP contribution is -2.20. The maximum atomic E-state index is 12.8. The summed E-state index contributed by atoms with van der Waals surface area (Å²) in [5.41, 5.74) is 2.43. The summed E-state index contributed by atoms with van der Waals surface area (Å²) in [5, 5.41) is 11.1. The molecule has 2 aromatic carbocycles. The van der Waals surface area contributed by atoms with Gasteiger partial charge in [0.2, 0.25) is 0 Å². The molecule has 0 atom stereocenters. The lowest BCUT2D eigenvalue weighted by molar-refractivity contribution is 0.0696. The Balaban J connectivity index is 1.51. The van der Waals surface area contributed by atoms with Crippen LogP contribution < -0.4 is 14.4 Å². The van der Waals surface area contributed by atoms with Gasteiger partial charge in [-0.3, -0.25) is 4.72 Å². The number of hydrogen-bond donors (Lipinski definition) is 2. The van der Waals surface area contributed by atoms with Crippen molar-refractivity contribution in [3.8, 4) is 5.75 Å². The van der Waals surface area contributed by atoms with E-state index in [0.717, 1.165) is 5.56 Å². The number of aromatic carboxylic acids is 1. The van der Waals surface area contributed by atoms with Crippen molar-refractivity contribution in [3.05, 3.63) is 71.1 Å². The first-order chi connectivity index (χ1) is 14.9. The molecule has 4 rings (SSSR count). The summed E-state index contributed by atoms with van der Waals surface area (Å²) in [6.45, 7) is 1.30. The van der Waals surface area contributed by atoms with E-state index in [1.54, 1.807) is 0 Å². The van der Waals surface area contributed by atoms with Gasteiger partial charge in [0.1, 0.15) is 5.75 Å². The van der Waals surface area contributed by atoms with Crippen LogP contribution in [0.1, 0.15) is 15.9 Å². The number of ether oxygens (including phenoxy) is 1. The minimum Gasteiger partial charge on any atom is -0.495 e. The van der Waals surface area contributed by atoms with Crippen LogP contribution in [0, 0.1) is 0 Å². The molecule has 0 saturated carbocycles. The van der Waals surface area contributed by atoms with Crippen molar-refractivity contribution >= 4 is 43.7 Å². The molecule has 0 amide bonds. The Bertz CT molecular complexity index is 1250. The summed E-state index contributed by atoms with van der Waals surface area (Å²) in [6.07, 6.45) is 2.11. The molecule has 0 unspecified atom stereocenters. The van der Waals surface area contributed by atoms with Gasteiger partial charge in [-0.05, 0) is 29.3 Å². The van der Waals surface area contributed by atoms with E-state index >= 15 is 0 Å². The number of benzene rings is 2. The van der Waals surface area contributed by atoms with Crippen LogP contribution in [-0.2, 0) is 10.0 Å². The number of aromatic nitrogens is 1. The molecule has 2 heterocycles. The smallest absolute Gasteiger partial charge is 0.335 e. The highest BCUT2D eigenvalue weighted by Crippen LogP contribution is 2.32. The van der Waals surface area contributed by atoms with Gasteiger partial charge in [0.25, 0.3) is 10.0 Å². The molecule has 31 heavy (non-hydrogen) atoms. The quantitative estimate of drug-likeness (QED) is 0.558. The molecule has 0 aliphatic carbocycles. The summed E-state index contributed by atoms with van der Waals surface area (Å²) >= 11 is 1.25. The van der Waals surface area contributed by atoms with E-state index in [1.807, 2.05) is 35.2 Å². The summed E-state index contributed by atoms with van der Waals surface area (Å²) < 4.78 is 33.2. The normalized spacial score (nSPS) is 13.7. The Morgan fingerprint density at radius 1 is 1.23 bits per heavy atom. The van der Waals surface area contributed by atoms with Gasteiger partial charge >= 0.3 is 5.97 Å². The topological polar surface area (TPSA) is 109 Å². The van der Waals surface area contributed by atoms with E-state index in [-0.39, 0.29) is 22.0 Å². The third kappa shape index (κ3) is 4.39. The molecule has 2 N–H and O–H groups in total. The predicted molar refractivity (Wildman–Crippen MR) is 120 cm³/mol. The zero-order valence-electron chi connectivity index (χ0n) is 16.5. The molecule has 3 aromatic rings. The summed E-state index contributed by atoms with van der Waals surface area (Å²) in [6, 6.07) is 13.9. The number of carbonyl (C=O) groups is 1. The van der Waals surface area contributed by atoms with E-state index in [9.17, 15) is 13.2 Å². The van der Waals surface area contributed by atoms with Crippen molar-refractivity contribution in [2.45, 2.75) is 5.03 Å². The van der Waals surface area contributed by atoms with Gasteiger partial charge in [-0.25, -0.2) is 9.78 Å². The number of thiazole rings is 1. The van der Waals surface area contributed by atoms with Crippen molar-refractivity contribution < 1.29 is 23.1 Å². The van der Waals surface area contributed by atoms with Crippen LogP contribution in [0.3, 0.4) is 0 Å². The number of carboxylic acids is 1. The first-order valence-corrected chi connectivity index (χ1v) is 11.6. The second-order valence-electron chi connectivity index (χ2n) is 6.77. The summed E-state index contributed by atoms with van der Waals surface area (Å²) in [5.74, 6) is -1.03. The third-order valence-corrected chi connectivity index (χ3v) is 7.07. The SMILES string of the molecule is COc1cc(C(=O)O)ccc1NS(=O)(=O)c1csc(N2CC=C(c3ccccc3)C2)n1. The maximum Gasteiger partial charge on any atom is 0.335 e. The molecule has 1 aliphatic rings. The van der Waals surface area contributed by atoms with Crippen molar-refractivity contribution in [2.24, 2.45) is 0 Å². The molecule has 0 spiro atoms. The molecule has 1 aliphatic heterocycles. The lowest BCUT2D eigenvalue weighted by Gasteiger charge is -2.15. The van der Waals surface area contributed by atoms with Crippen molar-refractivity contribution in [1.82, 2.24) is 4.98 Å². The highest BCUT2D eigenvalue weighted by molar-refractivity contribution is 7.92. The Kier molecular flexibility index (Phi) is 5.66. The molecule has 0 bridgehead atoms. The summed E-state index contributed by atoms with van der Waals surface area (Å²) in [7, 11) is -2.64. The van der Waals surface area contributed by atoms with Crippen LogP contribution in [0.15, 0.2) is 65.0 Å². The van der Waals surface area contributed by atoms with E-state index in [2.05, 4.69) is 15.8 Å². The fraction of sp³-hybridized carbons (Fsp3) is 0.143. The largest absolute Gasteiger partial charge is 0.495 e. The Morgan fingerprint density at radius 2 is 2.00 bits per heavy atom. The minimum absolute atomic E-state index is 0.00787. The highest BCUT2D eigenvalue weighted by atomic mass is 32.2. The van der Waals surface area contributed by atoms with Gasteiger partial charge in [-0.15, -0.1) is 11.3 Å². The minimum atomic E-state index is -3.98. The molecule has 10 heteroatoms. The Morgan fingerprint density at radius 3 is 2.71 bits per heavy atom. The Labute approximate surface area is 183 Å². The molecular weight excluding hydrogens is 438 g/mol. The molecular formula is C21H19N3O5S2. The molecule has 160 valence electrons. The second-order valence-corrected chi connectivity index (χ2v) is 9.24. The molecule has 0 radical (unpaired) electrons. The lowest BCUT2D eigenvalue weighted by atomic mass is 10.1. The maximum absolute atomic E-state index is 12.8. The Hall–Kier alpha value is -3.37. The highest BCUT2D eigenvalue weighted by Gasteiger charge is 2.24. The van der Waals surface area contributed by atoms with Crippen molar-refractivity contribution in [1.29, 1.82) is 0 Å². The number of sulfonamides is 1. The van der Waals surface area contributed by atoms with Crippen LogP contribution in [0.5, 0.6) is 5.75 Å². The monoisotopic (exact) mass is 457 g/mol. The number of carboxylic acid groups (broad SMARTS) is 1. The fourth-order valence-corrected chi connectivity index (χ4v) is 5.36. The van der Waals surface area contributed by atoms with E-state index in [1.165, 1.54) is 47.6 Å². The van der Waals surface area contributed by atoms with Crippen LogP contribution in [-0.4, -0.2) is 44.7 Å². The standard InChI is InChI=1S/C21H19N3O5S2/c1-29-18-11-15(20(25)26)7-8-17(18)23-31(27,28)19-13-30-21(22-19)24-10-9-16(12-24)14-5-3-2-4-6-14/h2-9,11,13,23H,10,12H2,1H3,(H,25,26). The predicted octanol–water partition coefficient (Wildman–Crippen LogP) is 3.55. The first kappa shape index (κ1) is 20.9. The molecule has 0 fully saturated rings. The molecule has 0 saturated heterocycles. The zero-order valence-corrected chi connectivity index (χ0v) is 18.1. The number of anilines is 2. The van der Waals surface area contributed by atoms with Crippen molar-refractivity contribution in [3.63, 3.8) is 0 Å². The first-order valence-electron chi connectivity index (χ1n) is 9.26. The average Bonchev–Trinajstić information content (AvgIpc) is 3.44. The second kappa shape index (κ2) is 8.40. The number of hydrogen-bond acceptors (Lipinski definition) is 7. The van der Waals surface area contributed by atoms with Crippen LogP contribution >= 0.6 is 11.3 Å². The summed E-state index contributed by atoms with van der Waals surface area (Å²) in [4.78, 5) is 17.4. The van der Waals surface area contributed by atoms with E-state index in [0.29, 0.717) is 18.2 Å². The van der Waals surface area contributed by atoms with Crippen LogP contribution in [0.4, 0.5) is 10.8 Å². The average molecular weight is 458 g/mol. The van der Waals surface area contributed by atoms with E-state index in [4.69, 9.17) is 9.84 Å². The van der Waals surface area contributed by atoms with Gasteiger partial charge in [-0.2, -0.15) is 8.42 Å². The van der Waals surface area contributed by atoms with Crippen LogP contribution in [0.2, 0.25) is 0 Å². The van der Waals surface area contributed by atoms with Crippen molar-refractivity contribution in [2.75, 3.05) is 29.8 Å². The molecule has 8 nitrogen and oxygen atoms in total. The number of methoxy groups -OCH3 is 1. The van der Waals surface area contributed by atoms with Gasteiger partial charge in [0, 0.05) is 18.5 Å². The van der Waals surface area contributed by atoms with Gasteiger partial charge in [-0.1, -0.05) is 36.4 Å². The number of rotatable bonds is 7. The van der Waals surface area contributed by atoms with Gasteiger partial charge in [0.15, 0.2) is 10.2 Å². The van der Waals surface area contributed by atoms with Gasteiger partial charge in [0.05, 0.1) is 18.4 Å². The zero-order chi connectivity index (χ0) is 22.0. The number of nitrogens with one attached hydrogen (secondary N) is 1. The van der Waals surface area contributed by atoms with Gasteiger partial charge < -0.3 is 14.7 Å².